The van der Waals surface area contributed by atoms with Crippen LogP contribution in [0.25, 0.3) is 0 Å². The van der Waals surface area contributed by atoms with Gasteiger partial charge in [-0.05, 0) is 48.9 Å². The Morgan fingerprint density at radius 3 is 2.88 bits per heavy atom. The molecule has 1 aromatic heterocycles. The molecule has 2 aromatic rings. The van der Waals surface area contributed by atoms with Crippen molar-refractivity contribution in [2.45, 2.75) is 26.2 Å². The van der Waals surface area contributed by atoms with E-state index >= 15 is 0 Å². The third-order valence-electron chi connectivity index (χ3n) is 4.31. The van der Waals surface area contributed by atoms with E-state index < -0.39 is 5.91 Å². The number of benzene rings is 1. The number of carbonyl (C=O) groups is 2. The van der Waals surface area contributed by atoms with Crippen molar-refractivity contribution in [1.29, 1.82) is 0 Å². The predicted octanol–water partition coefficient (Wildman–Crippen LogP) is 3.23. The molecule has 0 bridgehead atoms. The van der Waals surface area contributed by atoms with Crippen molar-refractivity contribution in [2.75, 3.05) is 12.4 Å². The highest BCUT2D eigenvalue weighted by Gasteiger charge is 2.27. The van der Waals surface area contributed by atoms with E-state index in [4.69, 9.17) is 10.5 Å². The Labute approximate surface area is 144 Å². The van der Waals surface area contributed by atoms with E-state index in [2.05, 4.69) is 12.2 Å². The largest absolute Gasteiger partial charge is 0.497 e. The molecule has 1 atom stereocenters. The maximum absolute atomic E-state index is 12.5. The van der Waals surface area contributed by atoms with Crippen LogP contribution < -0.4 is 15.8 Å². The summed E-state index contributed by atoms with van der Waals surface area (Å²) in [6.07, 6.45) is 2.85. The Morgan fingerprint density at radius 1 is 1.38 bits per heavy atom. The first-order valence-electron chi connectivity index (χ1n) is 7.89. The number of anilines is 1. The molecule has 0 saturated carbocycles. The van der Waals surface area contributed by atoms with Gasteiger partial charge in [0.25, 0.3) is 11.8 Å². The summed E-state index contributed by atoms with van der Waals surface area (Å²) in [5, 5.41) is 3.41. The van der Waals surface area contributed by atoms with E-state index in [0.29, 0.717) is 27.8 Å². The van der Waals surface area contributed by atoms with Gasteiger partial charge in [-0.1, -0.05) is 13.0 Å². The van der Waals surface area contributed by atoms with Crippen molar-refractivity contribution in [3.8, 4) is 5.75 Å². The molecule has 3 N–H and O–H groups in total. The number of amides is 2. The summed E-state index contributed by atoms with van der Waals surface area (Å²) in [5.74, 6) is 0.370. The average molecular weight is 344 g/mol. The standard InChI is InChI=1S/C18H20N2O3S/c1-10-6-7-14-13(8-10)15(16(19)21)18(24-14)20-17(22)11-4-3-5-12(9-11)23-2/h3-5,9-10H,6-8H2,1-2H3,(H2,19,21)(H,20,22)/t10-/m0/s1. The SMILES string of the molecule is COc1cccc(C(=O)Nc2sc3c(c2C(N)=O)C[C@@H](C)CC3)c1. The van der Waals surface area contributed by atoms with E-state index in [0.717, 1.165) is 29.7 Å². The minimum absolute atomic E-state index is 0.275. The van der Waals surface area contributed by atoms with Gasteiger partial charge in [-0.25, -0.2) is 0 Å². The van der Waals surface area contributed by atoms with E-state index in [1.54, 1.807) is 31.4 Å². The lowest BCUT2D eigenvalue weighted by Crippen LogP contribution is -2.19. The van der Waals surface area contributed by atoms with Gasteiger partial charge in [0.2, 0.25) is 0 Å². The van der Waals surface area contributed by atoms with Gasteiger partial charge >= 0.3 is 0 Å². The number of hydrogen-bond acceptors (Lipinski definition) is 4. The van der Waals surface area contributed by atoms with E-state index in [1.165, 1.54) is 11.3 Å². The molecule has 3 rings (SSSR count). The van der Waals surface area contributed by atoms with Crippen molar-refractivity contribution in [1.82, 2.24) is 0 Å². The molecule has 0 radical (unpaired) electrons. The lowest BCUT2D eigenvalue weighted by Gasteiger charge is -2.18. The van der Waals surface area contributed by atoms with Gasteiger partial charge in [0, 0.05) is 10.4 Å². The van der Waals surface area contributed by atoms with Crippen molar-refractivity contribution < 1.29 is 14.3 Å². The molecular weight excluding hydrogens is 324 g/mol. The monoisotopic (exact) mass is 344 g/mol. The zero-order chi connectivity index (χ0) is 17.3. The number of ether oxygens (including phenoxy) is 1. The normalized spacial score (nSPS) is 16.3. The third-order valence-corrected chi connectivity index (χ3v) is 5.52. The molecular formula is C18H20N2O3S. The second-order valence-corrected chi connectivity index (χ2v) is 7.21. The second-order valence-electron chi connectivity index (χ2n) is 6.11. The first kappa shape index (κ1) is 16.5. The smallest absolute Gasteiger partial charge is 0.256 e. The Bertz CT molecular complexity index is 798. The van der Waals surface area contributed by atoms with Crippen LogP contribution in [-0.2, 0) is 12.8 Å². The fourth-order valence-corrected chi connectivity index (χ4v) is 4.29. The van der Waals surface area contributed by atoms with Crippen LogP contribution in [0.3, 0.4) is 0 Å². The number of carbonyl (C=O) groups excluding carboxylic acids is 2. The molecule has 24 heavy (non-hydrogen) atoms. The van der Waals surface area contributed by atoms with Gasteiger partial charge < -0.3 is 15.8 Å². The zero-order valence-corrected chi connectivity index (χ0v) is 14.5. The van der Waals surface area contributed by atoms with E-state index in [9.17, 15) is 9.59 Å². The van der Waals surface area contributed by atoms with Gasteiger partial charge in [-0.3, -0.25) is 9.59 Å². The van der Waals surface area contributed by atoms with Gasteiger partial charge in [-0.2, -0.15) is 0 Å². The molecule has 5 nitrogen and oxygen atoms in total. The first-order chi connectivity index (χ1) is 11.5. The molecule has 1 aromatic carbocycles. The Morgan fingerprint density at radius 2 is 2.17 bits per heavy atom. The number of thiophene rings is 1. The minimum Gasteiger partial charge on any atom is -0.497 e. The van der Waals surface area contributed by atoms with Crippen LogP contribution in [0.5, 0.6) is 5.75 Å². The van der Waals surface area contributed by atoms with Gasteiger partial charge in [0.15, 0.2) is 0 Å². The van der Waals surface area contributed by atoms with Gasteiger partial charge in [0.05, 0.1) is 12.7 Å². The fraction of sp³-hybridized carbons (Fsp3) is 0.333. The number of nitrogens with one attached hydrogen (secondary N) is 1. The second kappa shape index (κ2) is 6.65. The Kier molecular flexibility index (Phi) is 4.57. The molecule has 2 amide bonds. The molecule has 126 valence electrons. The number of aryl methyl sites for hydroxylation is 1. The highest BCUT2D eigenvalue weighted by Crippen LogP contribution is 2.39. The summed E-state index contributed by atoms with van der Waals surface area (Å²) in [7, 11) is 1.55. The van der Waals surface area contributed by atoms with Crippen LogP contribution in [0.15, 0.2) is 24.3 Å². The summed E-state index contributed by atoms with van der Waals surface area (Å²) in [6, 6.07) is 6.90. The number of primary amides is 1. The van der Waals surface area contributed by atoms with Crippen molar-refractivity contribution >= 4 is 28.2 Å². The number of rotatable bonds is 4. The summed E-state index contributed by atoms with van der Waals surface area (Å²) in [4.78, 5) is 25.6. The predicted molar refractivity (Wildman–Crippen MR) is 95.0 cm³/mol. The third kappa shape index (κ3) is 3.14. The summed E-state index contributed by atoms with van der Waals surface area (Å²) < 4.78 is 5.14. The maximum atomic E-state index is 12.5. The lowest BCUT2D eigenvalue weighted by molar-refractivity contribution is 0.1000. The molecule has 0 unspecified atom stereocenters. The Balaban J connectivity index is 1.92. The molecule has 1 aliphatic rings. The van der Waals surface area contributed by atoms with E-state index in [-0.39, 0.29) is 5.91 Å². The molecule has 0 spiro atoms. The maximum Gasteiger partial charge on any atom is 0.256 e. The Hall–Kier alpha value is -2.34. The molecule has 6 heteroatoms. The summed E-state index contributed by atoms with van der Waals surface area (Å²) in [5.41, 5.74) is 7.54. The van der Waals surface area contributed by atoms with Crippen LogP contribution in [0.4, 0.5) is 5.00 Å². The van der Waals surface area contributed by atoms with Gasteiger partial charge in [-0.15, -0.1) is 11.3 Å². The van der Waals surface area contributed by atoms with E-state index in [1.807, 2.05) is 0 Å². The number of nitrogens with two attached hydrogens (primary N) is 1. The highest BCUT2D eigenvalue weighted by molar-refractivity contribution is 7.17. The molecule has 0 saturated heterocycles. The molecule has 0 fully saturated rings. The molecule has 1 aliphatic carbocycles. The van der Waals surface area contributed by atoms with Crippen molar-refractivity contribution in [2.24, 2.45) is 11.7 Å². The zero-order valence-electron chi connectivity index (χ0n) is 13.7. The van der Waals surface area contributed by atoms with Crippen LogP contribution in [0.1, 0.15) is 44.5 Å². The number of methoxy groups -OCH3 is 1. The lowest BCUT2D eigenvalue weighted by atomic mass is 9.87. The fourth-order valence-electron chi connectivity index (χ4n) is 3.05. The van der Waals surface area contributed by atoms with Crippen LogP contribution >= 0.6 is 11.3 Å². The minimum atomic E-state index is -0.484. The molecule has 0 aliphatic heterocycles. The number of hydrogen-bond donors (Lipinski definition) is 2. The average Bonchev–Trinajstić information content (AvgIpc) is 2.91. The molecule has 1 heterocycles. The van der Waals surface area contributed by atoms with Crippen LogP contribution in [0, 0.1) is 5.92 Å². The topological polar surface area (TPSA) is 81.4 Å². The van der Waals surface area contributed by atoms with Crippen molar-refractivity contribution in [3.63, 3.8) is 0 Å². The van der Waals surface area contributed by atoms with Gasteiger partial charge in [0.1, 0.15) is 10.8 Å². The highest BCUT2D eigenvalue weighted by atomic mass is 32.1. The van der Waals surface area contributed by atoms with Crippen LogP contribution in [0.2, 0.25) is 0 Å². The number of fused-ring (bicyclic) bond motifs is 1. The van der Waals surface area contributed by atoms with Crippen LogP contribution in [-0.4, -0.2) is 18.9 Å². The first-order valence-corrected chi connectivity index (χ1v) is 8.71. The summed E-state index contributed by atoms with van der Waals surface area (Å²) >= 11 is 1.46. The summed E-state index contributed by atoms with van der Waals surface area (Å²) in [6.45, 7) is 2.17. The quantitative estimate of drug-likeness (QED) is 0.893. The van der Waals surface area contributed by atoms with Crippen molar-refractivity contribution in [3.05, 3.63) is 45.8 Å².